The fourth-order valence-electron chi connectivity index (χ4n) is 1.68. The predicted molar refractivity (Wildman–Crippen MR) is 66.5 cm³/mol. The van der Waals surface area contributed by atoms with E-state index in [2.05, 4.69) is 15.9 Å². The third-order valence-electron chi connectivity index (χ3n) is 2.61. The Labute approximate surface area is 111 Å². The van der Waals surface area contributed by atoms with Gasteiger partial charge < -0.3 is 5.73 Å². The summed E-state index contributed by atoms with van der Waals surface area (Å²) < 4.78 is 40.4. The highest BCUT2D eigenvalue weighted by Gasteiger charge is 2.18. The predicted octanol–water partition coefficient (Wildman–Crippen LogP) is 3.91. The molecule has 0 aliphatic heterocycles. The van der Waals surface area contributed by atoms with Crippen LogP contribution >= 0.6 is 15.9 Å². The van der Waals surface area contributed by atoms with Crippen LogP contribution in [0.2, 0.25) is 0 Å². The smallest absolute Gasteiger partial charge is 0.137 e. The molecule has 0 amide bonds. The van der Waals surface area contributed by atoms with Crippen LogP contribution in [0.1, 0.15) is 17.2 Å². The quantitative estimate of drug-likeness (QED) is 0.893. The first kappa shape index (κ1) is 13.1. The van der Waals surface area contributed by atoms with Gasteiger partial charge >= 0.3 is 0 Å². The Morgan fingerprint density at radius 3 is 2.11 bits per heavy atom. The Kier molecular flexibility index (Phi) is 3.73. The molecule has 0 aliphatic rings. The molecule has 0 spiro atoms. The van der Waals surface area contributed by atoms with E-state index in [9.17, 15) is 13.2 Å². The summed E-state index contributed by atoms with van der Waals surface area (Å²) in [6, 6.07) is 6.55. The Bertz CT molecular complexity index is 566. The fourth-order valence-corrected chi connectivity index (χ4v) is 2.08. The largest absolute Gasteiger partial charge is 0.320 e. The Morgan fingerprint density at radius 1 is 0.944 bits per heavy atom. The molecule has 1 atom stereocenters. The molecule has 0 bridgehead atoms. The van der Waals surface area contributed by atoms with Crippen molar-refractivity contribution in [3.05, 3.63) is 69.4 Å². The van der Waals surface area contributed by atoms with Gasteiger partial charge in [0.25, 0.3) is 0 Å². The third kappa shape index (κ3) is 2.42. The van der Waals surface area contributed by atoms with Crippen LogP contribution in [0.25, 0.3) is 0 Å². The number of hydrogen-bond donors (Lipinski definition) is 1. The molecule has 0 aromatic heterocycles. The molecular formula is C13H9BrF3N. The second-order valence-corrected chi connectivity index (χ2v) is 4.64. The molecular weight excluding hydrogens is 307 g/mol. The minimum Gasteiger partial charge on any atom is -0.320 e. The van der Waals surface area contributed by atoms with E-state index in [0.717, 1.165) is 12.1 Å². The van der Waals surface area contributed by atoms with E-state index in [4.69, 9.17) is 5.73 Å². The maximum atomic E-state index is 13.6. The fraction of sp³-hybridized carbons (Fsp3) is 0.0769. The molecule has 0 fully saturated rings. The summed E-state index contributed by atoms with van der Waals surface area (Å²) in [5.74, 6) is -1.90. The van der Waals surface area contributed by atoms with Crippen LogP contribution in [-0.2, 0) is 0 Å². The van der Waals surface area contributed by atoms with Crippen LogP contribution in [0.5, 0.6) is 0 Å². The van der Waals surface area contributed by atoms with E-state index in [1.165, 1.54) is 24.3 Å². The first-order valence-electron chi connectivity index (χ1n) is 5.15. The van der Waals surface area contributed by atoms with Crippen molar-refractivity contribution in [3.63, 3.8) is 0 Å². The minimum absolute atomic E-state index is 0.201. The summed E-state index contributed by atoms with van der Waals surface area (Å²) in [7, 11) is 0. The van der Waals surface area contributed by atoms with Gasteiger partial charge in [-0.1, -0.05) is 12.1 Å². The zero-order valence-corrected chi connectivity index (χ0v) is 10.7. The highest BCUT2D eigenvalue weighted by molar-refractivity contribution is 9.10. The van der Waals surface area contributed by atoms with Crippen LogP contribution in [0, 0.1) is 17.5 Å². The van der Waals surface area contributed by atoms with Crippen molar-refractivity contribution in [1.29, 1.82) is 0 Å². The molecule has 1 nitrogen and oxygen atoms in total. The van der Waals surface area contributed by atoms with Crippen molar-refractivity contribution in [2.45, 2.75) is 6.04 Å². The first-order chi connectivity index (χ1) is 8.50. The van der Waals surface area contributed by atoms with Crippen molar-refractivity contribution in [2.24, 2.45) is 5.73 Å². The Balaban J connectivity index is 2.48. The van der Waals surface area contributed by atoms with E-state index in [1.807, 2.05) is 0 Å². The van der Waals surface area contributed by atoms with Gasteiger partial charge in [0.05, 0.1) is 10.5 Å². The molecule has 2 aromatic rings. The maximum Gasteiger partial charge on any atom is 0.137 e. The molecule has 5 heteroatoms. The van der Waals surface area contributed by atoms with Crippen molar-refractivity contribution in [2.75, 3.05) is 0 Å². The SMILES string of the molecule is NC(c1ccc(F)c(Br)c1)c1c(F)cccc1F. The molecule has 2 aromatic carbocycles. The molecule has 1 unspecified atom stereocenters. The van der Waals surface area contributed by atoms with Gasteiger partial charge in [-0.3, -0.25) is 0 Å². The standard InChI is InChI=1S/C13H9BrF3N/c14-8-6-7(4-5-9(8)15)13(18)12-10(16)2-1-3-11(12)17/h1-6,13H,18H2. The van der Waals surface area contributed by atoms with Gasteiger partial charge in [0, 0.05) is 5.56 Å². The minimum atomic E-state index is -0.983. The summed E-state index contributed by atoms with van der Waals surface area (Å²) in [6.45, 7) is 0. The van der Waals surface area contributed by atoms with E-state index < -0.39 is 23.5 Å². The van der Waals surface area contributed by atoms with Crippen molar-refractivity contribution < 1.29 is 13.2 Å². The Morgan fingerprint density at radius 2 is 1.56 bits per heavy atom. The second kappa shape index (κ2) is 5.12. The van der Waals surface area contributed by atoms with Crippen molar-refractivity contribution >= 4 is 15.9 Å². The zero-order chi connectivity index (χ0) is 13.3. The van der Waals surface area contributed by atoms with Crippen molar-refractivity contribution in [1.82, 2.24) is 0 Å². The normalized spacial score (nSPS) is 12.5. The molecule has 0 heterocycles. The summed E-state index contributed by atoms with van der Waals surface area (Å²) in [4.78, 5) is 0. The molecule has 0 aliphatic carbocycles. The summed E-state index contributed by atoms with van der Waals surface area (Å²) in [5.41, 5.74) is 6.01. The van der Waals surface area contributed by atoms with E-state index in [0.29, 0.717) is 5.56 Å². The lowest BCUT2D eigenvalue weighted by Crippen LogP contribution is -2.15. The molecule has 0 saturated carbocycles. The Hall–Kier alpha value is -1.33. The van der Waals surface area contributed by atoms with E-state index >= 15 is 0 Å². The van der Waals surface area contributed by atoms with Crippen LogP contribution in [0.3, 0.4) is 0 Å². The number of hydrogen-bond acceptors (Lipinski definition) is 1. The molecule has 0 radical (unpaired) electrons. The number of halogens is 4. The highest BCUT2D eigenvalue weighted by Crippen LogP contribution is 2.27. The van der Waals surface area contributed by atoms with Gasteiger partial charge in [0.15, 0.2) is 0 Å². The number of rotatable bonds is 2. The third-order valence-corrected chi connectivity index (χ3v) is 3.22. The maximum absolute atomic E-state index is 13.6. The molecule has 94 valence electrons. The van der Waals surface area contributed by atoms with Gasteiger partial charge in [-0.25, -0.2) is 13.2 Å². The van der Waals surface area contributed by atoms with Gasteiger partial charge in [-0.15, -0.1) is 0 Å². The molecule has 2 N–H and O–H groups in total. The lowest BCUT2D eigenvalue weighted by atomic mass is 9.98. The summed E-state index contributed by atoms with van der Waals surface area (Å²) in [5, 5.41) is 0. The van der Waals surface area contributed by atoms with Gasteiger partial charge in [0.2, 0.25) is 0 Å². The number of benzene rings is 2. The average molecular weight is 316 g/mol. The number of nitrogens with two attached hydrogens (primary N) is 1. The van der Waals surface area contributed by atoms with Gasteiger partial charge in [-0.2, -0.15) is 0 Å². The van der Waals surface area contributed by atoms with Gasteiger partial charge in [0.1, 0.15) is 17.5 Å². The van der Waals surface area contributed by atoms with E-state index in [1.54, 1.807) is 0 Å². The second-order valence-electron chi connectivity index (χ2n) is 3.79. The lowest BCUT2D eigenvalue weighted by molar-refractivity contribution is 0.543. The molecule has 0 saturated heterocycles. The topological polar surface area (TPSA) is 26.0 Å². The molecule has 18 heavy (non-hydrogen) atoms. The monoisotopic (exact) mass is 315 g/mol. The van der Waals surface area contributed by atoms with E-state index in [-0.39, 0.29) is 10.0 Å². The van der Waals surface area contributed by atoms with Gasteiger partial charge in [-0.05, 0) is 45.8 Å². The summed E-state index contributed by atoms with van der Waals surface area (Å²) >= 11 is 3.01. The van der Waals surface area contributed by atoms with Crippen LogP contribution < -0.4 is 5.73 Å². The first-order valence-corrected chi connectivity index (χ1v) is 5.94. The van der Waals surface area contributed by atoms with Crippen LogP contribution in [0.4, 0.5) is 13.2 Å². The van der Waals surface area contributed by atoms with Crippen LogP contribution in [-0.4, -0.2) is 0 Å². The zero-order valence-electron chi connectivity index (χ0n) is 9.13. The highest BCUT2D eigenvalue weighted by atomic mass is 79.9. The lowest BCUT2D eigenvalue weighted by Gasteiger charge is -2.14. The van der Waals surface area contributed by atoms with Crippen molar-refractivity contribution in [3.8, 4) is 0 Å². The molecule has 2 rings (SSSR count). The van der Waals surface area contributed by atoms with Crippen LogP contribution in [0.15, 0.2) is 40.9 Å². The average Bonchev–Trinajstić information content (AvgIpc) is 2.32. The summed E-state index contributed by atoms with van der Waals surface area (Å²) in [6.07, 6.45) is 0.